The van der Waals surface area contributed by atoms with Crippen LogP contribution in [0.2, 0.25) is 0 Å². The Balaban J connectivity index is 2.00. The summed E-state index contributed by atoms with van der Waals surface area (Å²) in [6, 6.07) is 4.75. The summed E-state index contributed by atoms with van der Waals surface area (Å²) in [5.74, 6) is -4.30. The maximum absolute atomic E-state index is 14.5. The zero-order valence-corrected chi connectivity index (χ0v) is 16.1. The summed E-state index contributed by atoms with van der Waals surface area (Å²) in [6.45, 7) is 0.901. The predicted molar refractivity (Wildman–Crippen MR) is 100 cm³/mol. The number of rotatable bonds is 3. The molecule has 2 aromatic rings. The van der Waals surface area contributed by atoms with Crippen LogP contribution < -0.4 is 4.74 Å². The average molecular weight is 421 g/mol. The highest BCUT2D eigenvalue weighted by molar-refractivity contribution is 5.83. The highest BCUT2D eigenvalue weighted by Gasteiger charge is 2.53. The lowest BCUT2D eigenvalue weighted by Gasteiger charge is -2.47. The molecule has 0 fully saturated rings. The minimum atomic E-state index is -1.38. The fourth-order valence-corrected chi connectivity index (χ4v) is 4.52. The zero-order valence-electron chi connectivity index (χ0n) is 16.1. The van der Waals surface area contributed by atoms with Crippen LogP contribution in [-0.4, -0.2) is 35.7 Å². The average Bonchev–Trinajstić information content (AvgIpc) is 3.08. The number of carbonyl (C=O) groups excluding carboxylic acids is 1. The van der Waals surface area contributed by atoms with E-state index in [1.54, 1.807) is 6.08 Å². The van der Waals surface area contributed by atoms with E-state index in [1.807, 2.05) is 0 Å². The van der Waals surface area contributed by atoms with Crippen molar-refractivity contribution in [2.75, 3.05) is 19.8 Å². The summed E-state index contributed by atoms with van der Waals surface area (Å²) in [5, 5.41) is 9.57. The number of nitrogens with zero attached hydrogens (tertiary/aromatic N) is 1. The van der Waals surface area contributed by atoms with Gasteiger partial charge in [-0.1, -0.05) is 0 Å². The second-order valence-electron chi connectivity index (χ2n) is 7.51. The van der Waals surface area contributed by atoms with Crippen LogP contribution in [0.25, 0.3) is 5.57 Å². The summed E-state index contributed by atoms with van der Waals surface area (Å²) >= 11 is 0. The molecular formula is C22H19F4NO3. The van der Waals surface area contributed by atoms with Gasteiger partial charge in [-0.3, -0.25) is 4.79 Å². The molecule has 8 heteroatoms. The Kier molecular flexibility index (Phi) is 5.05. The molecule has 2 aliphatic rings. The van der Waals surface area contributed by atoms with Crippen molar-refractivity contribution in [1.29, 1.82) is 0 Å². The van der Waals surface area contributed by atoms with Crippen LogP contribution in [0.5, 0.6) is 5.75 Å². The van der Waals surface area contributed by atoms with Crippen molar-refractivity contribution < 1.29 is 32.2 Å². The smallest absolute Gasteiger partial charge is 0.220 e. The van der Waals surface area contributed by atoms with Gasteiger partial charge in [0.25, 0.3) is 0 Å². The standard InChI is InChI=1S/C22H19F4NO3/c1-12(29)27-10-13(17-6-15(23)2-3-19(17)25)9-22(27)14(4-5-28)11-30-21-18(22)7-16(24)8-20(21)26/h2-3,6-9,14,28H,4-5,10-11H2,1H3. The maximum Gasteiger partial charge on any atom is 0.220 e. The van der Waals surface area contributed by atoms with E-state index in [-0.39, 0.29) is 43.1 Å². The molecule has 1 spiro atoms. The van der Waals surface area contributed by atoms with Gasteiger partial charge in [-0.25, -0.2) is 17.6 Å². The molecule has 2 aromatic carbocycles. The van der Waals surface area contributed by atoms with Crippen LogP contribution in [0.15, 0.2) is 36.4 Å². The molecule has 0 bridgehead atoms. The Morgan fingerprint density at radius 2 is 1.93 bits per heavy atom. The number of aliphatic hydroxyl groups excluding tert-OH is 1. The summed E-state index contributed by atoms with van der Waals surface area (Å²) in [6.07, 6.45) is 1.71. The number of amides is 1. The molecule has 1 N–H and O–H groups in total. The van der Waals surface area contributed by atoms with E-state index < -0.39 is 40.6 Å². The second kappa shape index (κ2) is 7.43. The molecule has 0 radical (unpaired) electrons. The number of hydrogen-bond acceptors (Lipinski definition) is 3. The van der Waals surface area contributed by atoms with E-state index in [1.165, 1.54) is 11.8 Å². The Labute approximate surface area is 170 Å². The molecule has 0 saturated carbocycles. The minimum Gasteiger partial charge on any atom is -0.490 e. The quantitative estimate of drug-likeness (QED) is 0.768. The second-order valence-corrected chi connectivity index (χ2v) is 7.51. The largest absolute Gasteiger partial charge is 0.490 e. The molecule has 1 amide bonds. The highest BCUT2D eigenvalue weighted by atomic mass is 19.1. The van der Waals surface area contributed by atoms with Crippen molar-refractivity contribution in [3.8, 4) is 5.75 Å². The third-order valence-corrected chi connectivity index (χ3v) is 5.79. The van der Waals surface area contributed by atoms with Gasteiger partial charge in [0.15, 0.2) is 11.6 Å². The minimum absolute atomic E-state index is 0.0363. The third-order valence-electron chi connectivity index (χ3n) is 5.79. The van der Waals surface area contributed by atoms with Crippen LogP contribution in [0.1, 0.15) is 24.5 Å². The molecule has 4 rings (SSSR count). The van der Waals surface area contributed by atoms with Gasteiger partial charge in [-0.15, -0.1) is 0 Å². The number of fused-ring (bicyclic) bond motifs is 2. The molecule has 30 heavy (non-hydrogen) atoms. The number of carbonyl (C=O) groups is 1. The third kappa shape index (κ3) is 3.06. The Bertz CT molecular complexity index is 1050. The monoisotopic (exact) mass is 421 g/mol. The number of hydrogen-bond donors (Lipinski definition) is 1. The first-order valence-corrected chi connectivity index (χ1v) is 9.46. The van der Waals surface area contributed by atoms with E-state index in [0.29, 0.717) is 11.6 Å². The SMILES string of the molecule is CC(=O)N1CC(c2cc(F)ccc2F)=CC12c1cc(F)cc(F)c1OCC2CCO. The van der Waals surface area contributed by atoms with Gasteiger partial charge in [0.1, 0.15) is 17.5 Å². The van der Waals surface area contributed by atoms with Crippen LogP contribution in [-0.2, 0) is 10.3 Å². The molecule has 2 atom stereocenters. The topological polar surface area (TPSA) is 49.8 Å². The number of aliphatic hydroxyl groups is 1. The van der Waals surface area contributed by atoms with Crippen molar-refractivity contribution in [3.63, 3.8) is 0 Å². The van der Waals surface area contributed by atoms with Gasteiger partial charge in [-0.2, -0.15) is 0 Å². The van der Waals surface area contributed by atoms with Crippen LogP contribution >= 0.6 is 0 Å². The normalized spacial score (nSPS) is 22.7. The Morgan fingerprint density at radius 3 is 2.63 bits per heavy atom. The fraction of sp³-hybridized carbons (Fsp3) is 0.318. The summed E-state index contributed by atoms with van der Waals surface area (Å²) in [5.41, 5.74) is -1.03. The fourth-order valence-electron chi connectivity index (χ4n) is 4.52. The Morgan fingerprint density at radius 1 is 1.17 bits per heavy atom. The van der Waals surface area contributed by atoms with Crippen molar-refractivity contribution in [3.05, 3.63) is 70.8 Å². The summed E-state index contributed by atoms with van der Waals surface area (Å²) in [4.78, 5) is 14.0. The highest BCUT2D eigenvalue weighted by Crippen LogP contribution is 2.52. The van der Waals surface area contributed by atoms with Crippen LogP contribution in [0.4, 0.5) is 17.6 Å². The van der Waals surface area contributed by atoms with Crippen LogP contribution in [0, 0.1) is 29.2 Å². The Hall–Kier alpha value is -2.87. The molecule has 2 heterocycles. The molecule has 0 aromatic heterocycles. The van der Waals surface area contributed by atoms with Gasteiger partial charge in [0.05, 0.1) is 12.1 Å². The summed E-state index contributed by atoms with van der Waals surface area (Å²) in [7, 11) is 0. The first-order chi connectivity index (χ1) is 14.3. The molecule has 4 nitrogen and oxygen atoms in total. The predicted octanol–water partition coefficient (Wildman–Crippen LogP) is 3.78. The van der Waals surface area contributed by atoms with E-state index in [2.05, 4.69) is 0 Å². The first kappa shape index (κ1) is 20.4. The number of halogens is 4. The van der Waals surface area contributed by atoms with Gasteiger partial charge in [-0.05, 0) is 42.3 Å². The van der Waals surface area contributed by atoms with Gasteiger partial charge in [0, 0.05) is 43.2 Å². The molecular weight excluding hydrogens is 402 g/mol. The molecule has 2 aliphatic heterocycles. The molecule has 2 unspecified atom stereocenters. The lowest BCUT2D eigenvalue weighted by molar-refractivity contribution is -0.135. The van der Waals surface area contributed by atoms with E-state index in [9.17, 15) is 27.5 Å². The maximum atomic E-state index is 14.5. The van der Waals surface area contributed by atoms with Crippen molar-refractivity contribution in [1.82, 2.24) is 4.90 Å². The van der Waals surface area contributed by atoms with E-state index in [4.69, 9.17) is 4.74 Å². The number of benzene rings is 2. The zero-order chi connectivity index (χ0) is 21.6. The number of ether oxygens (including phenoxy) is 1. The van der Waals surface area contributed by atoms with Gasteiger partial charge < -0.3 is 14.7 Å². The molecule has 0 aliphatic carbocycles. The molecule has 158 valence electrons. The lowest BCUT2D eigenvalue weighted by Crippen LogP contribution is -2.53. The van der Waals surface area contributed by atoms with Crippen molar-refractivity contribution in [2.24, 2.45) is 5.92 Å². The van der Waals surface area contributed by atoms with Crippen LogP contribution in [0.3, 0.4) is 0 Å². The van der Waals surface area contributed by atoms with E-state index in [0.717, 1.165) is 24.3 Å². The van der Waals surface area contributed by atoms with Crippen molar-refractivity contribution in [2.45, 2.75) is 18.9 Å². The molecule has 0 saturated heterocycles. The first-order valence-electron chi connectivity index (χ1n) is 9.46. The van der Waals surface area contributed by atoms with E-state index >= 15 is 0 Å². The van der Waals surface area contributed by atoms with Gasteiger partial charge in [0.2, 0.25) is 5.91 Å². The van der Waals surface area contributed by atoms with Gasteiger partial charge >= 0.3 is 0 Å². The summed E-state index contributed by atoms with van der Waals surface area (Å²) < 4.78 is 62.5. The lowest BCUT2D eigenvalue weighted by atomic mass is 9.74. The van der Waals surface area contributed by atoms with Crippen molar-refractivity contribution >= 4 is 11.5 Å².